The number of nitrogens with one attached hydrogen (secondary N) is 1. The van der Waals surface area contributed by atoms with Crippen LogP contribution in [0.3, 0.4) is 0 Å². The van der Waals surface area contributed by atoms with Crippen molar-refractivity contribution in [2.24, 2.45) is 11.8 Å². The van der Waals surface area contributed by atoms with E-state index in [4.69, 9.17) is 0 Å². The Morgan fingerprint density at radius 1 is 1.14 bits per heavy atom. The summed E-state index contributed by atoms with van der Waals surface area (Å²) in [7, 11) is 0. The molecule has 1 amide bonds. The SMILES string of the molecule is CC(C)CNC(=O)[C@H]1Cc2ccccc2N2CCN(c3ccc(F)cc3)C[C@@H]12. The van der Waals surface area contributed by atoms with Gasteiger partial charge >= 0.3 is 0 Å². The monoisotopic (exact) mass is 381 g/mol. The molecule has 0 unspecified atom stereocenters. The number of para-hydroxylation sites is 1. The first-order chi connectivity index (χ1) is 13.5. The van der Waals surface area contributed by atoms with E-state index >= 15 is 0 Å². The Bertz CT molecular complexity index is 836. The maximum atomic E-state index is 13.3. The summed E-state index contributed by atoms with van der Waals surface area (Å²) < 4.78 is 13.3. The Balaban J connectivity index is 1.61. The summed E-state index contributed by atoms with van der Waals surface area (Å²) in [5.41, 5.74) is 3.51. The third-order valence-corrected chi connectivity index (χ3v) is 5.84. The molecular formula is C23H28FN3O. The lowest BCUT2D eigenvalue weighted by molar-refractivity contribution is -0.126. The molecular weight excluding hydrogens is 353 g/mol. The molecule has 0 aromatic heterocycles. The normalized spacial score (nSPS) is 21.3. The van der Waals surface area contributed by atoms with Crippen molar-refractivity contribution in [3.63, 3.8) is 0 Å². The third kappa shape index (κ3) is 3.71. The number of hydrogen-bond donors (Lipinski definition) is 1. The molecule has 2 aromatic rings. The van der Waals surface area contributed by atoms with Crippen LogP contribution in [0.25, 0.3) is 0 Å². The van der Waals surface area contributed by atoms with Crippen LogP contribution in [0, 0.1) is 17.7 Å². The second kappa shape index (κ2) is 7.82. The zero-order valence-corrected chi connectivity index (χ0v) is 16.6. The number of piperazine rings is 1. The smallest absolute Gasteiger partial charge is 0.225 e. The van der Waals surface area contributed by atoms with E-state index in [1.807, 2.05) is 12.1 Å². The van der Waals surface area contributed by atoms with Gasteiger partial charge in [0.05, 0.1) is 12.0 Å². The molecule has 5 heteroatoms. The molecule has 0 radical (unpaired) electrons. The standard InChI is InChI=1S/C23H28FN3O/c1-16(2)14-25-23(28)20-13-17-5-3-4-6-21(17)27-12-11-26(15-22(20)27)19-9-7-18(24)8-10-19/h3-10,16,20,22H,11-15H2,1-2H3,(H,25,28)/t20-,22-/m0/s1. The predicted octanol–water partition coefficient (Wildman–Crippen LogP) is 3.47. The Morgan fingerprint density at radius 2 is 1.89 bits per heavy atom. The molecule has 148 valence electrons. The second-order valence-corrected chi connectivity index (χ2v) is 8.26. The van der Waals surface area contributed by atoms with Gasteiger partial charge in [-0.05, 0) is 48.2 Å². The highest BCUT2D eigenvalue weighted by molar-refractivity contribution is 5.82. The quantitative estimate of drug-likeness (QED) is 0.881. The minimum absolute atomic E-state index is 0.0862. The molecule has 2 aliphatic heterocycles. The molecule has 4 rings (SSSR count). The number of nitrogens with zero attached hydrogens (tertiary/aromatic N) is 2. The number of hydrogen-bond acceptors (Lipinski definition) is 3. The molecule has 0 bridgehead atoms. The zero-order valence-electron chi connectivity index (χ0n) is 16.6. The van der Waals surface area contributed by atoms with Crippen LogP contribution in [0.1, 0.15) is 19.4 Å². The van der Waals surface area contributed by atoms with Crippen LogP contribution >= 0.6 is 0 Å². The number of carbonyl (C=O) groups is 1. The minimum Gasteiger partial charge on any atom is -0.368 e. The van der Waals surface area contributed by atoms with E-state index in [-0.39, 0.29) is 23.7 Å². The van der Waals surface area contributed by atoms with Crippen molar-refractivity contribution in [3.05, 3.63) is 59.9 Å². The van der Waals surface area contributed by atoms with E-state index in [9.17, 15) is 9.18 Å². The van der Waals surface area contributed by atoms with Gasteiger partial charge in [0.15, 0.2) is 0 Å². The van der Waals surface area contributed by atoms with E-state index in [1.165, 1.54) is 23.4 Å². The Labute approximate surface area is 166 Å². The number of rotatable bonds is 4. The fourth-order valence-electron chi connectivity index (χ4n) is 4.38. The van der Waals surface area contributed by atoms with Crippen LogP contribution < -0.4 is 15.1 Å². The van der Waals surface area contributed by atoms with Crippen molar-refractivity contribution in [2.45, 2.75) is 26.3 Å². The number of amides is 1. The van der Waals surface area contributed by atoms with Crippen molar-refractivity contribution in [1.29, 1.82) is 0 Å². The summed E-state index contributed by atoms with van der Waals surface area (Å²) in [6.45, 7) is 7.40. The molecule has 1 saturated heterocycles. The summed E-state index contributed by atoms with van der Waals surface area (Å²) in [6, 6.07) is 15.2. The Morgan fingerprint density at radius 3 is 2.64 bits per heavy atom. The van der Waals surface area contributed by atoms with Crippen LogP contribution in [-0.4, -0.2) is 38.1 Å². The van der Waals surface area contributed by atoms with Gasteiger partial charge in [-0.3, -0.25) is 4.79 Å². The predicted molar refractivity (Wildman–Crippen MR) is 111 cm³/mol. The number of benzene rings is 2. The van der Waals surface area contributed by atoms with Crippen molar-refractivity contribution < 1.29 is 9.18 Å². The highest BCUT2D eigenvalue weighted by atomic mass is 19.1. The molecule has 4 nitrogen and oxygen atoms in total. The molecule has 0 aliphatic carbocycles. The maximum absolute atomic E-state index is 13.3. The summed E-state index contributed by atoms with van der Waals surface area (Å²) in [6.07, 6.45) is 0.762. The molecule has 2 heterocycles. The van der Waals surface area contributed by atoms with Crippen molar-refractivity contribution in [1.82, 2.24) is 5.32 Å². The Kier molecular flexibility index (Phi) is 5.25. The lowest BCUT2D eigenvalue weighted by Crippen LogP contribution is -2.61. The number of fused-ring (bicyclic) bond motifs is 3. The van der Waals surface area contributed by atoms with Gasteiger partial charge in [-0.25, -0.2) is 4.39 Å². The molecule has 0 spiro atoms. The van der Waals surface area contributed by atoms with Crippen LogP contribution in [0.2, 0.25) is 0 Å². The summed E-state index contributed by atoms with van der Waals surface area (Å²) in [5.74, 6) is 0.258. The zero-order chi connectivity index (χ0) is 19.7. The topological polar surface area (TPSA) is 35.6 Å². The molecule has 2 aliphatic rings. The number of carbonyl (C=O) groups excluding carboxylic acids is 1. The van der Waals surface area contributed by atoms with E-state index in [0.717, 1.165) is 31.7 Å². The van der Waals surface area contributed by atoms with Gasteiger partial charge in [0.2, 0.25) is 5.91 Å². The fourth-order valence-corrected chi connectivity index (χ4v) is 4.38. The van der Waals surface area contributed by atoms with Gasteiger partial charge in [0.1, 0.15) is 5.82 Å². The first-order valence-electron chi connectivity index (χ1n) is 10.2. The first kappa shape index (κ1) is 18.8. The first-order valence-corrected chi connectivity index (χ1v) is 10.2. The van der Waals surface area contributed by atoms with E-state index in [2.05, 4.69) is 53.2 Å². The minimum atomic E-state index is -0.222. The summed E-state index contributed by atoms with van der Waals surface area (Å²) in [4.78, 5) is 17.7. The maximum Gasteiger partial charge on any atom is 0.225 e. The van der Waals surface area contributed by atoms with Crippen LogP contribution in [0.5, 0.6) is 0 Å². The highest BCUT2D eigenvalue weighted by Crippen LogP contribution is 2.36. The molecule has 0 saturated carbocycles. The van der Waals surface area contributed by atoms with E-state index in [1.54, 1.807) is 0 Å². The van der Waals surface area contributed by atoms with Crippen molar-refractivity contribution in [2.75, 3.05) is 36.0 Å². The Hall–Kier alpha value is -2.56. The molecule has 2 atom stereocenters. The number of halogens is 1. The second-order valence-electron chi connectivity index (χ2n) is 8.26. The third-order valence-electron chi connectivity index (χ3n) is 5.84. The van der Waals surface area contributed by atoms with E-state index < -0.39 is 0 Å². The van der Waals surface area contributed by atoms with Crippen LogP contribution in [-0.2, 0) is 11.2 Å². The van der Waals surface area contributed by atoms with Crippen LogP contribution in [0.15, 0.2) is 48.5 Å². The average Bonchev–Trinajstić information content (AvgIpc) is 2.71. The van der Waals surface area contributed by atoms with E-state index in [0.29, 0.717) is 12.5 Å². The molecule has 1 fully saturated rings. The van der Waals surface area contributed by atoms with Crippen molar-refractivity contribution >= 4 is 17.3 Å². The van der Waals surface area contributed by atoms with Gasteiger partial charge < -0.3 is 15.1 Å². The lowest BCUT2D eigenvalue weighted by atomic mass is 9.83. The van der Waals surface area contributed by atoms with Crippen molar-refractivity contribution in [3.8, 4) is 0 Å². The lowest BCUT2D eigenvalue weighted by Gasteiger charge is -2.49. The fraction of sp³-hybridized carbons (Fsp3) is 0.435. The van der Waals surface area contributed by atoms with Gasteiger partial charge in [0.25, 0.3) is 0 Å². The molecule has 28 heavy (non-hydrogen) atoms. The number of anilines is 2. The summed E-state index contributed by atoms with van der Waals surface area (Å²) >= 11 is 0. The largest absolute Gasteiger partial charge is 0.368 e. The van der Waals surface area contributed by atoms with Gasteiger partial charge in [0, 0.05) is 37.6 Å². The van der Waals surface area contributed by atoms with Gasteiger partial charge in [-0.2, -0.15) is 0 Å². The van der Waals surface area contributed by atoms with Gasteiger partial charge in [-0.15, -0.1) is 0 Å². The average molecular weight is 381 g/mol. The molecule has 2 aromatic carbocycles. The summed E-state index contributed by atoms with van der Waals surface area (Å²) in [5, 5.41) is 3.14. The van der Waals surface area contributed by atoms with Gasteiger partial charge in [-0.1, -0.05) is 32.0 Å². The van der Waals surface area contributed by atoms with Crippen LogP contribution in [0.4, 0.5) is 15.8 Å². The highest BCUT2D eigenvalue weighted by Gasteiger charge is 2.41. The molecule has 1 N–H and O–H groups in total.